The lowest BCUT2D eigenvalue weighted by molar-refractivity contribution is 0.474. The first-order chi connectivity index (χ1) is 12.3. The summed E-state index contributed by atoms with van der Waals surface area (Å²) in [5.74, 6) is 2.91. The van der Waals surface area contributed by atoms with Gasteiger partial charge in [-0.2, -0.15) is 0 Å². The van der Waals surface area contributed by atoms with Gasteiger partial charge in [-0.15, -0.1) is 11.8 Å². The molecule has 132 valence electrons. The first-order valence-corrected chi connectivity index (χ1v) is 9.87. The van der Waals surface area contributed by atoms with Crippen molar-refractivity contribution < 1.29 is 0 Å². The number of aliphatic imine (C=N–C) groups is 1. The minimum absolute atomic E-state index is 0.722. The molecule has 0 radical (unpaired) electrons. The Hall–Kier alpha value is -2.01. The Balaban J connectivity index is 1.41. The number of thioether (sulfide) groups is 1. The zero-order valence-electron chi connectivity index (χ0n) is 14.8. The number of hydrogen-bond acceptors (Lipinski definition) is 3. The standard InChI is InChI=1S/C20H26N4S/c1-21-20(23-13-10-18-7-5-6-12-22-18)24-14-11-17(15-24)16-25-19-8-3-2-4-9-19/h2-9,12,17H,10-11,13-16H2,1H3,(H,21,23). The first-order valence-electron chi connectivity index (χ1n) is 8.88. The van der Waals surface area contributed by atoms with E-state index in [1.165, 1.54) is 17.1 Å². The number of aromatic nitrogens is 1. The molecule has 2 aromatic rings. The van der Waals surface area contributed by atoms with Crippen molar-refractivity contribution in [3.05, 3.63) is 60.4 Å². The number of benzene rings is 1. The van der Waals surface area contributed by atoms with Crippen molar-refractivity contribution in [2.24, 2.45) is 10.9 Å². The summed E-state index contributed by atoms with van der Waals surface area (Å²) in [6.45, 7) is 3.04. The molecule has 1 atom stereocenters. The summed E-state index contributed by atoms with van der Waals surface area (Å²) in [5.41, 5.74) is 1.11. The van der Waals surface area contributed by atoms with E-state index >= 15 is 0 Å². The fraction of sp³-hybridized carbons (Fsp3) is 0.400. The van der Waals surface area contributed by atoms with Crippen LogP contribution in [0.2, 0.25) is 0 Å². The van der Waals surface area contributed by atoms with E-state index in [0.717, 1.165) is 43.6 Å². The van der Waals surface area contributed by atoms with Crippen LogP contribution in [0.3, 0.4) is 0 Å². The molecule has 0 aliphatic carbocycles. The predicted molar refractivity (Wildman–Crippen MR) is 106 cm³/mol. The molecular formula is C20H26N4S. The van der Waals surface area contributed by atoms with Gasteiger partial charge >= 0.3 is 0 Å². The van der Waals surface area contributed by atoms with E-state index in [4.69, 9.17) is 0 Å². The Morgan fingerprint density at radius 1 is 1.24 bits per heavy atom. The van der Waals surface area contributed by atoms with E-state index in [1.54, 1.807) is 0 Å². The zero-order chi connectivity index (χ0) is 17.3. The van der Waals surface area contributed by atoms with E-state index in [0.29, 0.717) is 0 Å². The Bertz CT molecular complexity index is 660. The highest BCUT2D eigenvalue weighted by Gasteiger charge is 2.24. The molecule has 1 N–H and O–H groups in total. The lowest BCUT2D eigenvalue weighted by Crippen LogP contribution is -2.41. The zero-order valence-corrected chi connectivity index (χ0v) is 15.6. The lowest BCUT2D eigenvalue weighted by Gasteiger charge is -2.21. The number of nitrogens with zero attached hydrogens (tertiary/aromatic N) is 3. The van der Waals surface area contributed by atoms with Gasteiger partial charge in [0.25, 0.3) is 0 Å². The van der Waals surface area contributed by atoms with Crippen LogP contribution in [0.25, 0.3) is 0 Å². The second-order valence-electron chi connectivity index (χ2n) is 6.27. The minimum Gasteiger partial charge on any atom is -0.356 e. The van der Waals surface area contributed by atoms with Gasteiger partial charge in [0.2, 0.25) is 0 Å². The maximum Gasteiger partial charge on any atom is 0.193 e. The van der Waals surface area contributed by atoms with Gasteiger partial charge in [0.1, 0.15) is 0 Å². The fourth-order valence-corrected chi connectivity index (χ4v) is 4.12. The highest BCUT2D eigenvalue weighted by molar-refractivity contribution is 7.99. The highest BCUT2D eigenvalue weighted by atomic mass is 32.2. The summed E-state index contributed by atoms with van der Waals surface area (Å²) in [5, 5.41) is 3.48. The van der Waals surface area contributed by atoms with E-state index in [1.807, 2.05) is 37.1 Å². The number of nitrogens with one attached hydrogen (secondary N) is 1. The molecule has 0 amide bonds. The average molecular weight is 355 g/mol. The molecule has 0 spiro atoms. The van der Waals surface area contributed by atoms with E-state index < -0.39 is 0 Å². The van der Waals surface area contributed by atoms with Gasteiger partial charge in [0.05, 0.1) is 0 Å². The van der Waals surface area contributed by atoms with Gasteiger partial charge in [-0.05, 0) is 36.6 Å². The normalized spacial score (nSPS) is 17.7. The maximum absolute atomic E-state index is 4.46. The summed E-state index contributed by atoms with van der Waals surface area (Å²) in [6.07, 6.45) is 4.00. The van der Waals surface area contributed by atoms with Gasteiger partial charge in [-0.3, -0.25) is 9.98 Å². The summed E-state index contributed by atoms with van der Waals surface area (Å²) in [7, 11) is 1.87. The molecule has 1 aromatic heterocycles. The smallest absolute Gasteiger partial charge is 0.193 e. The molecule has 25 heavy (non-hydrogen) atoms. The van der Waals surface area contributed by atoms with E-state index in [9.17, 15) is 0 Å². The molecule has 0 bridgehead atoms. The fourth-order valence-electron chi connectivity index (χ4n) is 3.07. The molecule has 5 heteroatoms. The van der Waals surface area contributed by atoms with Crippen molar-refractivity contribution >= 4 is 17.7 Å². The Morgan fingerprint density at radius 3 is 2.84 bits per heavy atom. The van der Waals surface area contributed by atoms with Gasteiger partial charge in [0, 0.05) is 55.6 Å². The Labute approximate surface area is 154 Å². The van der Waals surface area contributed by atoms with Gasteiger partial charge in [-0.25, -0.2) is 0 Å². The number of rotatable bonds is 6. The number of likely N-dealkylation sites (tertiary alicyclic amines) is 1. The van der Waals surface area contributed by atoms with Crippen molar-refractivity contribution in [3.8, 4) is 0 Å². The summed E-state index contributed by atoms with van der Waals surface area (Å²) in [6, 6.07) is 16.7. The van der Waals surface area contributed by atoms with Crippen LogP contribution in [0.4, 0.5) is 0 Å². The van der Waals surface area contributed by atoms with Gasteiger partial charge in [0.15, 0.2) is 5.96 Å². The molecule has 1 aromatic carbocycles. The molecule has 1 unspecified atom stereocenters. The quantitative estimate of drug-likeness (QED) is 0.491. The largest absolute Gasteiger partial charge is 0.356 e. The molecule has 1 aliphatic rings. The van der Waals surface area contributed by atoms with Crippen LogP contribution in [0, 0.1) is 5.92 Å². The molecule has 0 saturated carbocycles. The lowest BCUT2D eigenvalue weighted by atomic mass is 10.2. The second-order valence-corrected chi connectivity index (χ2v) is 7.36. The first kappa shape index (κ1) is 17.8. The maximum atomic E-state index is 4.46. The number of guanidine groups is 1. The van der Waals surface area contributed by atoms with Crippen molar-refractivity contribution in [1.82, 2.24) is 15.2 Å². The van der Waals surface area contributed by atoms with Crippen LogP contribution in [0.5, 0.6) is 0 Å². The van der Waals surface area contributed by atoms with Gasteiger partial charge in [-0.1, -0.05) is 24.3 Å². The van der Waals surface area contributed by atoms with Crippen molar-refractivity contribution in [2.75, 3.05) is 32.4 Å². The van der Waals surface area contributed by atoms with Crippen molar-refractivity contribution in [1.29, 1.82) is 0 Å². The number of pyridine rings is 1. The van der Waals surface area contributed by atoms with Crippen LogP contribution >= 0.6 is 11.8 Å². The summed E-state index contributed by atoms with van der Waals surface area (Å²) in [4.78, 5) is 12.6. The minimum atomic E-state index is 0.722. The Kier molecular flexibility index (Phi) is 6.74. The SMILES string of the molecule is CN=C(NCCc1ccccn1)N1CCC(CSc2ccccc2)C1. The molecule has 1 saturated heterocycles. The molecule has 2 heterocycles. The molecule has 1 fully saturated rings. The third kappa shape index (κ3) is 5.49. The van der Waals surface area contributed by atoms with Crippen LogP contribution in [0.1, 0.15) is 12.1 Å². The second kappa shape index (κ2) is 9.47. The molecule has 1 aliphatic heterocycles. The molecule has 3 rings (SSSR count). The number of hydrogen-bond donors (Lipinski definition) is 1. The van der Waals surface area contributed by atoms with Crippen molar-refractivity contribution in [3.63, 3.8) is 0 Å². The third-order valence-corrected chi connectivity index (χ3v) is 5.66. The molecular weight excluding hydrogens is 328 g/mol. The highest BCUT2D eigenvalue weighted by Crippen LogP contribution is 2.25. The van der Waals surface area contributed by atoms with E-state index in [2.05, 4.69) is 56.6 Å². The van der Waals surface area contributed by atoms with Gasteiger partial charge < -0.3 is 10.2 Å². The van der Waals surface area contributed by atoms with Crippen LogP contribution in [0.15, 0.2) is 64.6 Å². The molecule has 4 nitrogen and oxygen atoms in total. The Morgan fingerprint density at radius 2 is 2.08 bits per heavy atom. The van der Waals surface area contributed by atoms with Crippen LogP contribution in [-0.4, -0.2) is 48.3 Å². The van der Waals surface area contributed by atoms with E-state index in [-0.39, 0.29) is 0 Å². The van der Waals surface area contributed by atoms with Crippen LogP contribution in [-0.2, 0) is 6.42 Å². The van der Waals surface area contributed by atoms with Crippen molar-refractivity contribution in [2.45, 2.75) is 17.7 Å². The van der Waals surface area contributed by atoms with Crippen LogP contribution < -0.4 is 5.32 Å². The third-order valence-electron chi connectivity index (χ3n) is 4.42. The summed E-state index contributed by atoms with van der Waals surface area (Å²) < 4.78 is 0. The average Bonchev–Trinajstić information content (AvgIpc) is 3.14. The topological polar surface area (TPSA) is 40.5 Å². The monoisotopic (exact) mass is 354 g/mol. The summed E-state index contributed by atoms with van der Waals surface area (Å²) >= 11 is 1.96. The predicted octanol–water partition coefficient (Wildman–Crippen LogP) is 3.31.